The number of rotatable bonds is 4. The minimum absolute atomic E-state index is 0.493. The van der Waals surface area contributed by atoms with Gasteiger partial charge in [0.25, 0.3) is 0 Å². The monoisotopic (exact) mass is 237 g/mol. The molecule has 1 aliphatic carbocycles. The van der Waals surface area contributed by atoms with Crippen molar-refractivity contribution in [1.29, 1.82) is 0 Å². The molecule has 1 heterocycles. The van der Waals surface area contributed by atoms with E-state index in [4.69, 9.17) is 4.52 Å². The lowest BCUT2D eigenvalue weighted by molar-refractivity contribution is 0.218. The normalized spacial score (nSPS) is 20.6. The Morgan fingerprint density at radius 2 is 2.06 bits per heavy atom. The molecule has 0 amide bonds. The summed E-state index contributed by atoms with van der Waals surface area (Å²) >= 11 is 0. The van der Waals surface area contributed by atoms with Crippen LogP contribution in [0.5, 0.6) is 0 Å². The van der Waals surface area contributed by atoms with E-state index in [9.17, 15) is 0 Å². The van der Waals surface area contributed by atoms with Crippen molar-refractivity contribution in [3.05, 3.63) is 11.7 Å². The van der Waals surface area contributed by atoms with Gasteiger partial charge in [-0.3, -0.25) is 0 Å². The molecular weight excluding hydrogens is 214 g/mol. The third kappa shape index (κ3) is 3.28. The highest BCUT2D eigenvalue weighted by atomic mass is 16.5. The highest BCUT2D eigenvalue weighted by Crippen LogP contribution is 2.41. The van der Waals surface area contributed by atoms with E-state index in [2.05, 4.69) is 36.2 Å². The minimum atomic E-state index is 0.493. The molecular formula is C13H23N3O. The molecule has 4 heteroatoms. The van der Waals surface area contributed by atoms with Gasteiger partial charge in [-0.25, -0.2) is 0 Å². The van der Waals surface area contributed by atoms with Gasteiger partial charge in [0.05, 0.1) is 6.54 Å². The lowest BCUT2D eigenvalue weighted by Gasteiger charge is -2.32. The Bertz CT molecular complexity index is 349. The minimum Gasteiger partial charge on any atom is -0.338 e. The van der Waals surface area contributed by atoms with Crippen LogP contribution in [-0.4, -0.2) is 16.7 Å². The van der Waals surface area contributed by atoms with Gasteiger partial charge < -0.3 is 9.84 Å². The zero-order chi connectivity index (χ0) is 12.3. The fourth-order valence-corrected chi connectivity index (χ4v) is 2.40. The molecule has 1 N–H and O–H groups in total. The van der Waals surface area contributed by atoms with Crippen LogP contribution in [0.3, 0.4) is 0 Å². The first-order chi connectivity index (χ1) is 8.11. The van der Waals surface area contributed by atoms with Crippen molar-refractivity contribution in [3.63, 3.8) is 0 Å². The zero-order valence-corrected chi connectivity index (χ0v) is 11.1. The first kappa shape index (κ1) is 12.6. The summed E-state index contributed by atoms with van der Waals surface area (Å²) in [6.07, 6.45) is 4.89. The molecule has 0 atom stereocenters. The average Bonchev–Trinajstić information content (AvgIpc) is 2.75. The molecule has 0 spiro atoms. The largest absolute Gasteiger partial charge is 0.338 e. The highest BCUT2D eigenvalue weighted by Gasteiger charge is 2.29. The van der Waals surface area contributed by atoms with Crippen LogP contribution in [0.4, 0.5) is 0 Å². The lowest BCUT2D eigenvalue weighted by atomic mass is 9.73. The van der Waals surface area contributed by atoms with E-state index in [-0.39, 0.29) is 0 Å². The Kier molecular flexibility index (Phi) is 3.82. The van der Waals surface area contributed by atoms with Crippen molar-refractivity contribution < 1.29 is 4.52 Å². The van der Waals surface area contributed by atoms with Crippen LogP contribution in [0.1, 0.15) is 64.1 Å². The van der Waals surface area contributed by atoms with E-state index in [1.54, 1.807) is 0 Å². The predicted octanol–water partition coefficient (Wildman–Crippen LogP) is 2.86. The molecule has 0 unspecified atom stereocenters. The number of nitrogens with zero attached hydrogens (tertiary/aromatic N) is 2. The summed E-state index contributed by atoms with van der Waals surface area (Å²) in [4.78, 5) is 4.48. The summed E-state index contributed by atoms with van der Waals surface area (Å²) in [6, 6.07) is 0. The number of aromatic nitrogens is 2. The van der Waals surface area contributed by atoms with Crippen molar-refractivity contribution in [3.8, 4) is 0 Å². The van der Waals surface area contributed by atoms with E-state index < -0.39 is 0 Å². The first-order valence-corrected chi connectivity index (χ1v) is 6.64. The Morgan fingerprint density at radius 1 is 1.35 bits per heavy atom. The van der Waals surface area contributed by atoms with Crippen molar-refractivity contribution in [2.75, 3.05) is 6.54 Å². The van der Waals surface area contributed by atoms with E-state index in [0.717, 1.165) is 12.4 Å². The van der Waals surface area contributed by atoms with Gasteiger partial charge in [0.2, 0.25) is 5.89 Å². The van der Waals surface area contributed by atoms with Gasteiger partial charge in [-0.2, -0.15) is 4.98 Å². The summed E-state index contributed by atoms with van der Waals surface area (Å²) in [7, 11) is 0. The predicted molar refractivity (Wildman–Crippen MR) is 66.7 cm³/mol. The topological polar surface area (TPSA) is 51.0 Å². The molecule has 17 heavy (non-hydrogen) atoms. The summed E-state index contributed by atoms with van der Waals surface area (Å²) < 4.78 is 5.25. The van der Waals surface area contributed by atoms with Crippen molar-refractivity contribution in [2.24, 2.45) is 5.41 Å². The quantitative estimate of drug-likeness (QED) is 0.874. The molecule has 1 fully saturated rings. The Balaban J connectivity index is 1.92. The van der Waals surface area contributed by atoms with Crippen LogP contribution in [0.15, 0.2) is 4.52 Å². The van der Waals surface area contributed by atoms with Gasteiger partial charge in [0, 0.05) is 5.92 Å². The van der Waals surface area contributed by atoms with Crippen LogP contribution in [0.25, 0.3) is 0 Å². The average molecular weight is 237 g/mol. The van der Waals surface area contributed by atoms with Gasteiger partial charge >= 0.3 is 0 Å². The summed E-state index contributed by atoms with van der Waals surface area (Å²) in [5.74, 6) is 2.13. The number of nitrogens with one attached hydrogen (secondary N) is 1. The summed E-state index contributed by atoms with van der Waals surface area (Å²) in [5, 5.41) is 7.31. The van der Waals surface area contributed by atoms with Crippen LogP contribution in [0.2, 0.25) is 0 Å². The molecule has 96 valence electrons. The Hall–Kier alpha value is -0.900. The van der Waals surface area contributed by atoms with Crippen LogP contribution in [-0.2, 0) is 6.54 Å². The number of hydrogen-bond donors (Lipinski definition) is 1. The molecule has 0 aromatic carbocycles. The van der Waals surface area contributed by atoms with E-state index in [0.29, 0.717) is 23.8 Å². The van der Waals surface area contributed by atoms with E-state index >= 15 is 0 Å². The molecule has 1 aromatic rings. The standard InChI is InChI=1S/C13H23N3O/c1-4-14-9-11-15-12(16-17-11)10-5-7-13(2,3)8-6-10/h10,14H,4-9H2,1-3H3. The van der Waals surface area contributed by atoms with Gasteiger partial charge in [0.1, 0.15) is 0 Å². The third-order valence-electron chi connectivity index (χ3n) is 3.71. The maximum absolute atomic E-state index is 5.25. The van der Waals surface area contributed by atoms with E-state index in [1.165, 1.54) is 25.7 Å². The van der Waals surface area contributed by atoms with Gasteiger partial charge in [0.15, 0.2) is 5.82 Å². The van der Waals surface area contributed by atoms with Crippen molar-refractivity contribution >= 4 is 0 Å². The molecule has 1 aliphatic rings. The van der Waals surface area contributed by atoms with Crippen LogP contribution >= 0.6 is 0 Å². The van der Waals surface area contributed by atoms with Crippen LogP contribution < -0.4 is 5.32 Å². The molecule has 4 nitrogen and oxygen atoms in total. The maximum atomic E-state index is 5.25. The van der Waals surface area contributed by atoms with Crippen molar-refractivity contribution in [2.45, 2.75) is 58.9 Å². The second-order valence-electron chi connectivity index (χ2n) is 5.77. The Morgan fingerprint density at radius 3 is 2.71 bits per heavy atom. The van der Waals surface area contributed by atoms with E-state index in [1.807, 2.05) is 0 Å². The zero-order valence-electron chi connectivity index (χ0n) is 11.1. The fraction of sp³-hybridized carbons (Fsp3) is 0.846. The SMILES string of the molecule is CCNCc1nc(C2CCC(C)(C)CC2)no1. The second-order valence-corrected chi connectivity index (χ2v) is 5.77. The lowest BCUT2D eigenvalue weighted by Crippen LogP contribution is -2.20. The fourth-order valence-electron chi connectivity index (χ4n) is 2.40. The Labute approximate surface area is 103 Å². The first-order valence-electron chi connectivity index (χ1n) is 6.64. The summed E-state index contributed by atoms with van der Waals surface area (Å²) in [5.41, 5.74) is 0.493. The van der Waals surface area contributed by atoms with Gasteiger partial charge in [-0.05, 0) is 37.6 Å². The molecule has 0 aliphatic heterocycles. The number of hydrogen-bond acceptors (Lipinski definition) is 4. The highest BCUT2D eigenvalue weighted by molar-refractivity contribution is 4.98. The summed E-state index contributed by atoms with van der Waals surface area (Å²) in [6.45, 7) is 8.36. The molecule has 2 rings (SSSR count). The molecule has 0 saturated heterocycles. The van der Waals surface area contributed by atoms with Crippen LogP contribution in [0, 0.1) is 5.41 Å². The third-order valence-corrected chi connectivity index (χ3v) is 3.71. The van der Waals surface area contributed by atoms with Crippen molar-refractivity contribution in [1.82, 2.24) is 15.5 Å². The smallest absolute Gasteiger partial charge is 0.240 e. The molecule has 1 aromatic heterocycles. The van der Waals surface area contributed by atoms with Gasteiger partial charge in [-0.15, -0.1) is 0 Å². The van der Waals surface area contributed by atoms with Gasteiger partial charge in [-0.1, -0.05) is 25.9 Å². The molecule has 0 bridgehead atoms. The molecule has 1 saturated carbocycles. The second kappa shape index (κ2) is 5.17. The maximum Gasteiger partial charge on any atom is 0.240 e. The molecule has 0 radical (unpaired) electrons.